The maximum atomic E-state index is 12.4. The summed E-state index contributed by atoms with van der Waals surface area (Å²) in [7, 11) is 0. The van der Waals surface area contributed by atoms with E-state index in [1.54, 1.807) is 0 Å². The van der Waals surface area contributed by atoms with Gasteiger partial charge in [-0.15, -0.1) is 5.10 Å². The fourth-order valence-corrected chi connectivity index (χ4v) is 3.80. The summed E-state index contributed by atoms with van der Waals surface area (Å²) < 4.78 is 12.2. The van der Waals surface area contributed by atoms with Gasteiger partial charge in [0.25, 0.3) is 0 Å². The number of fused-ring (bicyclic) bond motifs is 1. The minimum absolute atomic E-state index is 0.194. The van der Waals surface area contributed by atoms with E-state index >= 15 is 0 Å². The zero-order valence-electron chi connectivity index (χ0n) is 17.6. The summed E-state index contributed by atoms with van der Waals surface area (Å²) in [4.78, 5) is 12.4. The molecule has 4 aromatic carbocycles. The SMILES string of the molecule is CC(=O)N1N=C(c2cccc3ccccc23)O[C@H]1c1cccc(OCc2ccccc2)c1. The molecule has 4 aromatic rings. The highest BCUT2D eigenvalue weighted by Crippen LogP contribution is 2.33. The number of carbonyl (C=O) groups is 1. The monoisotopic (exact) mass is 422 g/mol. The van der Waals surface area contributed by atoms with Crippen LogP contribution in [0.4, 0.5) is 0 Å². The van der Waals surface area contributed by atoms with Gasteiger partial charge >= 0.3 is 0 Å². The molecule has 0 saturated carbocycles. The van der Waals surface area contributed by atoms with Crippen molar-refractivity contribution in [3.63, 3.8) is 0 Å². The summed E-state index contributed by atoms with van der Waals surface area (Å²) in [5.41, 5.74) is 2.74. The Labute approximate surface area is 186 Å². The van der Waals surface area contributed by atoms with Gasteiger partial charge in [0.1, 0.15) is 12.4 Å². The zero-order valence-corrected chi connectivity index (χ0v) is 17.6. The lowest BCUT2D eigenvalue weighted by Gasteiger charge is -2.20. The molecule has 1 heterocycles. The Balaban J connectivity index is 1.42. The van der Waals surface area contributed by atoms with Crippen LogP contribution < -0.4 is 4.74 Å². The second kappa shape index (κ2) is 8.55. The topological polar surface area (TPSA) is 51.1 Å². The molecule has 32 heavy (non-hydrogen) atoms. The predicted octanol–water partition coefficient (Wildman–Crippen LogP) is 5.66. The summed E-state index contributed by atoms with van der Waals surface area (Å²) in [6, 6.07) is 31.6. The lowest BCUT2D eigenvalue weighted by atomic mass is 10.0. The highest BCUT2D eigenvalue weighted by atomic mass is 16.5. The molecule has 1 atom stereocenters. The summed E-state index contributed by atoms with van der Waals surface area (Å²) in [6.45, 7) is 1.95. The normalized spacial score (nSPS) is 15.3. The summed E-state index contributed by atoms with van der Waals surface area (Å²) in [5, 5.41) is 8.02. The highest BCUT2D eigenvalue weighted by molar-refractivity contribution is 6.07. The Morgan fingerprint density at radius 3 is 2.53 bits per heavy atom. The molecule has 0 radical (unpaired) electrons. The summed E-state index contributed by atoms with van der Waals surface area (Å²) in [5.74, 6) is 0.940. The Morgan fingerprint density at radius 1 is 0.938 bits per heavy atom. The molecule has 0 N–H and O–H groups in total. The van der Waals surface area contributed by atoms with Crippen molar-refractivity contribution < 1.29 is 14.3 Å². The number of carbonyl (C=O) groups excluding carboxylic acids is 1. The summed E-state index contributed by atoms with van der Waals surface area (Å²) in [6.07, 6.45) is -0.651. The molecule has 1 aliphatic rings. The molecule has 5 rings (SSSR count). The van der Waals surface area contributed by atoms with Crippen molar-refractivity contribution in [1.82, 2.24) is 5.01 Å². The van der Waals surface area contributed by atoms with E-state index in [9.17, 15) is 4.79 Å². The van der Waals surface area contributed by atoms with Crippen LogP contribution in [0, 0.1) is 0 Å². The number of ether oxygens (including phenoxy) is 2. The van der Waals surface area contributed by atoms with E-state index in [1.807, 2.05) is 97.1 Å². The minimum atomic E-state index is -0.651. The molecule has 0 bridgehead atoms. The first-order chi connectivity index (χ1) is 15.7. The Hall–Kier alpha value is -4.12. The third-order valence-corrected chi connectivity index (χ3v) is 5.38. The second-order valence-corrected chi connectivity index (χ2v) is 7.61. The van der Waals surface area contributed by atoms with Crippen LogP contribution in [0.3, 0.4) is 0 Å². The van der Waals surface area contributed by atoms with Gasteiger partial charge in [-0.25, -0.2) is 0 Å². The fraction of sp³-hybridized carbons (Fsp3) is 0.111. The van der Waals surface area contributed by atoms with Crippen LogP contribution in [-0.4, -0.2) is 16.8 Å². The fourth-order valence-electron chi connectivity index (χ4n) is 3.80. The van der Waals surface area contributed by atoms with E-state index in [1.165, 1.54) is 11.9 Å². The van der Waals surface area contributed by atoms with Crippen molar-refractivity contribution in [2.45, 2.75) is 19.8 Å². The standard InChI is InChI=1S/C27H22N2O3/c1-19(30)29-27(22-13-7-14-23(17-22)31-18-20-9-3-2-4-10-20)32-26(28-29)25-16-8-12-21-11-5-6-15-24(21)25/h2-17,27H,18H2,1H3/t27-/m0/s1. The first-order valence-electron chi connectivity index (χ1n) is 10.5. The van der Waals surface area contributed by atoms with Gasteiger partial charge in [0.2, 0.25) is 18.0 Å². The number of nitrogens with zero attached hydrogens (tertiary/aromatic N) is 2. The molecule has 1 amide bonds. The van der Waals surface area contributed by atoms with Crippen LogP contribution in [0.15, 0.2) is 102 Å². The smallest absolute Gasteiger partial charge is 0.243 e. The molecule has 0 spiro atoms. The van der Waals surface area contributed by atoms with Gasteiger partial charge in [0.15, 0.2) is 0 Å². The lowest BCUT2D eigenvalue weighted by Crippen LogP contribution is -2.25. The molecule has 1 aliphatic heterocycles. The number of hydrazone groups is 1. The van der Waals surface area contributed by atoms with Gasteiger partial charge < -0.3 is 9.47 Å². The van der Waals surface area contributed by atoms with Crippen LogP contribution in [0.1, 0.15) is 29.8 Å². The van der Waals surface area contributed by atoms with Gasteiger partial charge in [-0.2, -0.15) is 5.01 Å². The van der Waals surface area contributed by atoms with Crippen LogP contribution in [0.25, 0.3) is 10.8 Å². The van der Waals surface area contributed by atoms with Gasteiger partial charge in [0.05, 0.1) is 0 Å². The minimum Gasteiger partial charge on any atom is -0.489 e. The van der Waals surface area contributed by atoms with E-state index in [-0.39, 0.29) is 5.91 Å². The first kappa shape index (κ1) is 19.8. The molecule has 5 nitrogen and oxygen atoms in total. The lowest BCUT2D eigenvalue weighted by molar-refractivity contribution is -0.135. The number of hydrogen-bond acceptors (Lipinski definition) is 4. The molecular weight excluding hydrogens is 400 g/mol. The van der Waals surface area contributed by atoms with Crippen molar-refractivity contribution in [1.29, 1.82) is 0 Å². The first-order valence-corrected chi connectivity index (χ1v) is 10.5. The van der Waals surface area contributed by atoms with E-state index in [0.29, 0.717) is 18.3 Å². The summed E-state index contributed by atoms with van der Waals surface area (Å²) >= 11 is 0. The van der Waals surface area contributed by atoms with Gasteiger partial charge in [0, 0.05) is 18.1 Å². The molecule has 5 heteroatoms. The Morgan fingerprint density at radius 2 is 1.69 bits per heavy atom. The van der Waals surface area contributed by atoms with Crippen LogP contribution in [0.2, 0.25) is 0 Å². The van der Waals surface area contributed by atoms with Crippen molar-refractivity contribution in [3.8, 4) is 5.75 Å². The average Bonchev–Trinajstić information content (AvgIpc) is 3.29. The van der Waals surface area contributed by atoms with Crippen molar-refractivity contribution in [3.05, 3.63) is 114 Å². The number of benzene rings is 4. The third-order valence-electron chi connectivity index (χ3n) is 5.38. The molecule has 0 aromatic heterocycles. The van der Waals surface area contributed by atoms with E-state index in [0.717, 1.165) is 27.5 Å². The van der Waals surface area contributed by atoms with Crippen molar-refractivity contribution in [2.75, 3.05) is 0 Å². The van der Waals surface area contributed by atoms with Crippen LogP contribution >= 0.6 is 0 Å². The number of amides is 1. The zero-order chi connectivity index (χ0) is 21.9. The highest BCUT2D eigenvalue weighted by Gasteiger charge is 2.33. The third kappa shape index (κ3) is 3.93. The molecule has 0 unspecified atom stereocenters. The predicted molar refractivity (Wildman–Crippen MR) is 124 cm³/mol. The molecule has 158 valence electrons. The Kier molecular flexibility index (Phi) is 5.30. The Bertz CT molecular complexity index is 1300. The van der Waals surface area contributed by atoms with E-state index in [4.69, 9.17) is 9.47 Å². The van der Waals surface area contributed by atoms with E-state index < -0.39 is 6.23 Å². The molecular formula is C27H22N2O3. The van der Waals surface area contributed by atoms with Crippen LogP contribution in [0.5, 0.6) is 5.75 Å². The van der Waals surface area contributed by atoms with Crippen molar-refractivity contribution in [2.24, 2.45) is 5.10 Å². The van der Waals surface area contributed by atoms with Gasteiger partial charge in [-0.05, 0) is 34.5 Å². The quantitative estimate of drug-likeness (QED) is 0.417. The van der Waals surface area contributed by atoms with Gasteiger partial charge in [-0.3, -0.25) is 4.79 Å². The maximum Gasteiger partial charge on any atom is 0.243 e. The molecule has 0 aliphatic carbocycles. The number of hydrogen-bond donors (Lipinski definition) is 0. The average molecular weight is 422 g/mol. The molecule has 0 saturated heterocycles. The van der Waals surface area contributed by atoms with Gasteiger partial charge in [-0.1, -0.05) is 78.9 Å². The largest absolute Gasteiger partial charge is 0.489 e. The van der Waals surface area contributed by atoms with Crippen LogP contribution in [-0.2, 0) is 16.1 Å². The number of rotatable bonds is 5. The second-order valence-electron chi connectivity index (χ2n) is 7.61. The van der Waals surface area contributed by atoms with Crippen molar-refractivity contribution >= 4 is 22.6 Å². The maximum absolute atomic E-state index is 12.4. The van der Waals surface area contributed by atoms with E-state index in [2.05, 4.69) is 5.10 Å². The molecule has 0 fully saturated rings.